The first-order valence-corrected chi connectivity index (χ1v) is 9.37. The Hall–Kier alpha value is -3.74. The van der Waals surface area contributed by atoms with Crippen LogP contribution in [0, 0.1) is 11.6 Å². The molecule has 154 valence electrons. The third-order valence-corrected chi connectivity index (χ3v) is 4.47. The molecule has 5 nitrogen and oxygen atoms in total. The maximum absolute atomic E-state index is 13.7. The van der Waals surface area contributed by atoms with E-state index in [1.165, 1.54) is 6.92 Å². The molecule has 0 aliphatic heterocycles. The van der Waals surface area contributed by atoms with Crippen molar-refractivity contribution in [2.75, 3.05) is 5.32 Å². The minimum atomic E-state index is -0.907. The summed E-state index contributed by atoms with van der Waals surface area (Å²) in [5, 5.41) is 7.66. The molecule has 3 N–H and O–H groups in total. The second kappa shape index (κ2) is 9.65. The fraction of sp³-hybridized carbons (Fsp3) is 0.130. The van der Waals surface area contributed by atoms with Crippen LogP contribution in [-0.2, 0) is 4.79 Å². The van der Waals surface area contributed by atoms with Crippen LogP contribution < -0.4 is 16.0 Å². The van der Waals surface area contributed by atoms with Crippen molar-refractivity contribution in [2.45, 2.75) is 19.0 Å². The summed E-state index contributed by atoms with van der Waals surface area (Å²) >= 11 is 0. The van der Waals surface area contributed by atoms with Gasteiger partial charge in [0.1, 0.15) is 17.7 Å². The van der Waals surface area contributed by atoms with Gasteiger partial charge in [0.15, 0.2) is 0 Å². The average Bonchev–Trinajstić information content (AvgIpc) is 2.75. The number of hydrogen-bond donors (Lipinski definition) is 3. The standard InChI is InChI=1S/C23H21F2N3O2/c1-15(26-23(30)27-20-13-12-18(24)14-19(20)25)22(29)28-21(16-8-4-2-5-9-16)17-10-6-3-7-11-17/h2-15,21H,1H3,(H,28,29)(H2,26,27,30). The Labute approximate surface area is 173 Å². The number of anilines is 1. The Morgan fingerprint density at radius 1 is 0.800 bits per heavy atom. The molecule has 30 heavy (non-hydrogen) atoms. The molecule has 0 spiro atoms. The second-order valence-electron chi connectivity index (χ2n) is 6.71. The van der Waals surface area contributed by atoms with Crippen LogP contribution >= 0.6 is 0 Å². The third kappa shape index (κ3) is 5.41. The number of halogens is 2. The van der Waals surface area contributed by atoms with Crippen molar-refractivity contribution in [1.29, 1.82) is 0 Å². The van der Waals surface area contributed by atoms with Crippen molar-refractivity contribution in [3.05, 3.63) is 102 Å². The largest absolute Gasteiger partial charge is 0.343 e. The zero-order valence-electron chi connectivity index (χ0n) is 16.2. The lowest BCUT2D eigenvalue weighted by Gasteiger charge is -2.22. The Morgan fingerprint density at radius 3 is 1.90 bits per heavy atom. The highest BCUT2D eigenvalue weighted by molar-refractivity contribution is 5.93. The summed E-state index contributed by atoms with van der Waals surface area (Å²) in [5.41, 5.74) is 1.59. The number of nitrogens with one attached hydrogen (secondary N) is 3. The van der Waals surface area contributed by atoms with Gasteiger partial charge >= 0.3 is 6.03 Å². The first kappa shape index (κ1) is 21.0. The molecular weight excluding hydrogens is 388 g/mol. The van der Waals surface area contributed by atoms with Crippen molar-refractivity contribution in [3.63, 3.8) is 0 Å². The maximum Gasteiger partial charge on any atom is 0.319 e. The topological polar surface area (TPSA) is 70.2 Å². The van der Waals surface area contributed by atoms with Crippen LogP contribution in [0.5, 0.6) is 0 Å². The molecule has 0 fully saturated rings. The molecule has 7 heteroatoms. The zero-order chi connectivity index (χ0) is 21.5. The van der Waals surface area contributed by atoms with Gasteiger partial charge in [-0.3, -0.25) is 4.79 Å². The SMILES string of the molecule is CC(NC(=O)Nc1ccc(F)cc1F)C(=O)NC(c1ccccc1)c1ccccc1. The molecule has 1 unspecified atom stereocenters. The smallest absolute Gasteiger partial charge is 0.319 e. The number of amides is 3. The minimum Gasteiger partial charge on any atom is -0.343 e. The average molecular weight is 409 g/mol. The minimum absolute atomic E-state index is 0.187. The lowest BCUT2D eigenvalue weighted by molar-refractivity contribution is -0.123. The van der Waals surface area contributed by atoms with E-state index >= 15 is 0 Å². The summed E-state index contributed by atoms with van der Waals surface area (Å²) in [6, 6.07) is 19.6. The van der Waals surface area contributed by atoms with E-state index in [-0.39, 0.29) is 5.69 Å². The van der Waals surface area contributed by atoms with Gasteiger partial charge in [-0.05, 0) is 30.2 Å². The third-order valence-electron chi connectivity index (χ3n) is 4.47. The molecule has 3 aromatic rings. The van der Waals surface area contributed by atoms with Crippen LogP contribution in [0.25, 0.3) is 0 Å². The van der Waals surface area contributed by atoms with Gasteiger partial charge in [-0.1, -0.05) is 60.7 Å². The normalized spacial score (nSPS) is 11.6. The molecule has 0 heterocycles. The highest BCUT2D eigenvalue weighted by atomic mass is 19.1. The van der Waals surface area contributed by atoms with E-state index in [4.69, 9.17) is 0 Å². The first-order valence-electron chi connectivity index (χ1n) is 9.37. The number of carbonyl (C=O) groups excluding carboxylic acids is 2. The van der Waals surface area contributed by atoms with Gasteiger partial charge in [0.2, 0.25) is 5.91 Å². The fourth-order valence-electron chi connectivity index (χ4n) is 2.93. The second-order valence-corrected chi connectivity index (χ2v) is 6.71. The number of carbonyl (C=O) groups is 2. The number of hydrogen-bond acceptors (Lipinski definition) is 2. The number of rotatable bonds is 6. The van der Waals surface area contributed by atoms with Crippen LogP contribution in [0.4, 0.5) is 19.3 Å². The van der Waals surface area contributed by atoms with Crippen LogP contribution in [-0.4, -0.2) is 18.0 Å². The molecule has 1 atom stereocenters. The lowest BCUT2D eigenvalue weighted by Crippen LogP contribution is -2.47. The van der Waals surface area contributed by atoms with Gasteiger partial charge in [-0.2, -0.15) is 0 Å². The molecule has 0 radical (unpaired) electrons. The van der Waals surface area contributed by atoms with Gasteiger partial charge in [0.05, 0.1) is 11.7 Å². The van der Waals surface area contributed by atoms with Crippen molar-refractivity contribution >= 4 is 17.6 Å². The highest BCUT2D eigenvalue weighted by Crippen LogP contribution is 2.22. The van der Waals surface area contributed by atoms with Crippen molar-refractivity contribution in [1.82, 2.24) is 10.6 Å². The molecule has 0 aromatic heterocycles. The van der Waals surface area contributed by atoms with E-state index < -0.39 is 35.7 Å². The van der Waals surface area contributed by atoms with E-state index in [1.54, 1.807) is 0 Å². The molecule has 3 aromatic carbocycles. The van der Waals surface area contributed by atoms with E-state index in [0.29, 0.717) is 6.07 Å². The number of urea groups is 1. The Balaban J connectivity index is 1.67. The predicted octanol–water partition coefficient (Wildman–Crippen LogP) is 4.38. The van der Waals surface area contributed by atoms with E-state index in [0.717, 1.165) is 23.3 Å². The van der Waals surface area contributed by atoms with Gasteiger partial charge in [-0.15, -0.1) is 0 Å². The zero-order valence-corrected chi connectivity index (χ0v) is 16.2. The Bertz CT molecular complexity index is 974. The van der Waals surface area contributed by atoms with Gasteiger partial charge in [0, 0.05) is 6.07 Å². The molecule has 3 rings (SSSR count). The lowest BCUT2D eigenvalue weighted by atomic mass is 9.98. The van der Waals surface area contributed by atoms with Gasteiger partial charge in [0.25, 0.3) is 0 Å². The number of benzene rings is 3. The molecule has 0 saturated heterocycles. The maximum atomic E-state index is 13.7. The van der Waals surface area contributed by atoms with E-state index in [9.17, 15) is 18.4 Å². The summed E-state index contributed by atoms with van der Waals surface area (Å²) in [4.78, 5) is 24.8. The molecular formula is C23H21F2N3O2. The molecule has 0 aliphatic carbocycles. The Morgan fingerprint density at radius 2 is 1.37 bits per heavy atom. The van der Waals surface area contributed by atoms with Crippen molar-refractivity contribution in [3.8, 4) is 0 Å². The van der Waals surface area contributed by atoms with E-state index in [2.05, 4.69) is 16.0 Å². The van der Waals surface area contributed by atoms with Crippen molar-refractivity contribution in [2.24, 2.45) is 0 Å². The van der Waals surface area contributed by atoms with Crippen LogP contribution in [0.2, 0.25) is 0 Å². The van der Waals surface area contributed by atoms with Crippen LogP contribution in [0.3, 0.4) is 0 Å². The van der Waals surface area contributed by atoms with Crippen LogP contribution in [0.1, 0.15) is 24.1 Å². The van der Waals surface area contributed by atoms with Crippen LogP contribution in [0.15, 0.2) is 78.9 Å². The highest BCUT2D eigenvalue weighted by Gasteiger charge is 2.22. The predicted molar refractivity (Wildman–Crippen MR) is 111 cm³/mol. The van der Waals surface area contributed by atoms with Crippen molar-refractivity contribution < 1.29 is 18.4 Å². The van der Waals surface area contributed by atoms with Gasteiger partial charge < -0.3 is 16.0 Å². The summed E-state index contributed by atoms with van der Waals surface area (Å²) in [6.07, 6.45) is 0. The Kier molecular flexibility index (Phi) is 6.75. The molecule has 0 saturated carbocycles. The summed E-state index contributed by atoms with van der Waals surface area (Å²) in [6.45, 7) is 1.52. The summed E-state index contributed by atoms with van der Waals surface area (Å²) in [5.74, 6) is -2.07. The molecule has 0 aliphatic rings. The first-order chi connectivity index (χ1) is 14.4. The molecule has 3 amide bonds. The monoisotopic (exact) mass is 409 g/mol. The summed E-state index contributed by atoms with van der Waals surface area (Å²) < 4.78 is 26.7. The van der Waals surface area contributed by atoms with E-state index in [1.807, 2.05) is 60.7 Å². The quantitative estimate of drug-likeness (QED) is 0.565. The summed E-state index contributed by atoms with van der Waals surface area (Å²) in [7, 11) is 0. The fourth-order valence-corrected chi connectivity index (χ4v) is 2.93. The van der Waals surface area contributed by atoms with Gasteiger partial charge in [-0.25, -0.2) is 13.6 Å². The molecule has 0 bridgehead atoms.